The Hall–Kier alpha value is -1.04. The Morgan fingerprint density at radius 1 is 1.26 bits per heavy atom. The average molecular weight is 346 g/mol. The van der Waals surface area contributed by atoms with Crippen molar-refractivity contribution in [1.29, 1.82) is 0 Å². The lowest BCUT2D eigenvalue weighted by Gasteiger charge is -2.07. The summed E-state index contributed by atoms with van der Waals surface area (Å²) >= 11 is 9.36. The van der Waals surface area contributed by atoms with Crippen LogP contribution in [0, 0.1) is 5.82 Å². The first-order chi connectivity index (χ1) is 9.10. The number of hydrogen-bond donors (Lipinski definition) is 0. The van der Waals surface area contributed by atoms with Crippen LogP contribution in [0.2, 0.25) is 5.15 Å². The zero-order valence-electron chi connectivity index (χ0n) is 10.2. The summed E-state index contributed by atoms with van der Waals surface area (Å²) in [6.45, 7) is 0.346. The number of halogens is 3. The molecule has 6 heteroatoms. The van der Waals surface area contributed by atoms with E-state index in [1.165, 1.54) is 12.1 Å². The molecule has 0 saturated carbocycles. The van der Waals surface area contributed by atoms with E-state index in [1.807, 2.05) is 0 Å². The zero-order chi connectivity index (χ0) is 13.8. The number of methoxy groups -OCH3 is 1. The Kier molecular flexibility index (Phi) is 4.85. The molecule has 1 heterocycles. The van der Waals surface area contributed by atoms with Gasteiger partial charge in [0.1, 0.15) is 16.8 Å². The molecular formula is C13H11BrClFN2O. The molecule has 0 aliphatic rings. The smallest absolute Gasteiger partial charge is 0.147 e. The van der Waals surface area contributed by atoms with Gasteiger partial charge in [-0.2, -0.15) is 0 Å². The van der Waals surface area contributed by atoms with Crippen LogP contribution >= 0.6 is 27.5 Å². The summed E-state index contributed by atoms with van der Waals surface area (Å²) in [4.78, 5) is 8.57. The molecule has 2 rings (SSSR count). The normalized spacial score (nSPS) is 10.7. The van der Waals surface area contributed by atoms with E-state index in [9.17, 15) is 4.39 Å². The van der Waals surface area contributed by atoms with Gasteiger partial charge in [0, 0.05) is 13.5 Å². The summed E-state index contributed by atoms with van der Waals surface area (Å²) in [5.74, 6) is 0.311. The first-order valence-corrected chi connectivity index (χ1v) is 6.71. The highest BCUT2D eigenvalue weighted by Crippen LogP contribution is 2.24. The third-order valence-electron chi connectivity index (χ3n) is 2.48. The van der Waals surface area contributed by atoms with Gasteiger partial charge >= 0.3 is 0 Å². The molecule has 0 atom stereocenters. The molecule has 0 unspecified atom stereocenters. The molecule has 3 nitrogen and oxygen atoms in total. The van der Waals surface area contributed by atoms with Crippen LogP contribution in [0.25, 0.3) is 0 Å². The molecule has 100 valence electrons. The molecule has 0 bridgehead atoms. The maximum absolute atomic E-state index is 12.8. The van der Waals surface area contributed by atoms with Crippen LogP contribution in [0.5, 0.6) is 0 Å². The number of aromatic nitrogens is 2. The minimum absolute atomic E-state index is 0.265. The molecule has 0 amide bonds. The van der Waals surface area contributed by atoms with Crippen LogP contribution < -0.4 is 0 Å². The average Bonchev–Trinajstić information content (AvgIpc) is 2.38. The van der Waals surface area contributed by atoms with Crippen molar-refractivity contribution >= 4 is 27.5 Å². The number of hydrogen-bond acceptors (Lipinski definition) is 3. The molecule has 2 aromatic rings. The molecule has 0 aliphatic carbocycles. The van der Waals surface area contributed by atoms with Gasteiger partial charge < -0.3 is 4.74 Å². The number of ether oxygens (including phenoxy) is 1. The summed E-state index contributed by atoms with van der Waals surface area (Å²) in [7, 11) is 1.59. The predicted octanol–water partition coefficient (Wildman–Crippen LogP) is 3.77. The first kappa shape index (κ1) is 14.4. The lowest BCUT2D eigenvalue weighted by Crippen LogP contribution is -2.03. The fourth-order valence-electron chi connectivity index (χ4n) is 1.61. The minimum atomic E-state index is -0.265. The second kappa shape index (κ2) is 6.41. The summed E-state index contributed by atoms with van der Waals surface area (Å²) in [6.07, 6.45) is 0.490. The third-order valence-corrected chi connectivity index (χ3v) is 3.82. The molecule has 0 spiro atoms. The largest absolute Gasteiger partial charge is 0.378 e. The van der Waals surface area contributed by atoms with E-state index in [1.54, 1.807) is 19.2 Å². The predicted molar refractivity (Wildman–Crippen MR) is 74.7 cm³/mol. The molecule has 0 N–H and O–H groups in total. The van der Waals surface area contributed by atoms with Crippen molar-refractivity contribution in [3.63, 3.8) is 0 Å². The zero-order valence-corrected chi connectivity index (χ0v) is 12.5. The van der Waals surface area contributed by atoms with Gasteiger partial charge in [0.05, 0.1) is 16.8 Å². The second-order valence-corrected chi connectivity index (χ2v) is 5.08. The summed E-state index contributed by atoms with van der Waals surface area (Å²) < 4.78 is 18.5. The molecule has 0 saturated heterocycles. The highest BCUT2D eigenvalue weighted by atomic mass is 79.9. The minimum Gasteiger partial charge on any atom is -0.378 e. The lowest BCUT2D eigenvalue weighted by molar-refractivity contribution is 0.180. The first-order valence-electron chi connectivity index (χ1n) is 5.54. The van der Waals surface area contributed by atoms with Crippen molar-refractivity contribution < 1.29 is 9.13 Å². The Balaban J connectivity index is 2.27. The second-order valence-electron chi connectivity index (χ2n) is 3.93. The summed E-state index contributed by atoms with van der Waals surface area (Å²) in [5, 5.41) is 0.346. The Bertz CT molecular complexity index is 578. The van der Waals surface area contributed by atoms with Gasteiger partial charge in [0.2, 0.25) is 0 Å². The van der Waals surface area contributed by atoms with E-state index in [0.29, 0.717) is 34.2 Å². The van der Waals surface area contributed by atoms with Crippen molar-refractivity contribution in [2.24, 2.45) is 0 Å². The Labute approximate surface area is 123 Å². The van der Waals surface area contributed by atoms with Crippen LogP contribution in [-0.4, -0.2) is 17.1 Å². The van der Waals surface area contributed by atoms with Gasteiger partial charge in [-0.3, -0.25) is 0 Å². The monoisotopic (exact) mass is 344 g/mol. The SMILES string of the molecule is COCc1nc(Cc2ccc(F)cc2)nc(Cl)c1Br. The lowest BCUT2D eigenvalue weighted by atomic mass is 10.1. The Morgan fingerprint density at radius 2 is 1.95 bits per heavy atom. The summed E-state index contributed by atoms with van der Waals surface area (Å²) in [6, 6.07) is 6.22. The molecule has 0 aliphatic heterocycles. The van der Waals surface area contributed by atoms with Crippen LogP contribution in [-0.2, 0) is 17.8 Å². The molecule has 1 aromatic heterocycles. The number of benzene rings is 1. The van der Waals surface area contributed by atoms with Gasteiger partial charge in [-0.15, -0.1) is 0 Å². The molecule has 19 heavy (non-hydrogen) atoms. The van der Waals surface area contributed by atoms with Gasteiger partial charge in [0.25, 0.3) is 0 Å². The topological polar surface area (TPSA) is 35.0 Å². The quantitative estimate of drug-likeness (QED) is 0.791. The van der Waals surface area contributed by atoms with Crippen LogP contribution in [0.3, 0.4) is 0 Å². The standard InChI is InChI=1S/C13H11BrClFN2O/c1-19-7-10-12(14)13(15)18-11(17-10)6-8-2-4-9(16)5-3-8/h2-5H,6-7H2,1H3. The van der Waals surface area contributed by atoms with Gasteiger partial charge in [0.15, 0.2) is 0 Å². The molecular weight excluding hydrogens is 335 g/mol. The van der Waals surface area contributed by atoms with E-state index in [-0.39, 0.29) is 5.82 Å². The Morgan fingerprint density at radius 3 is 2.58 bits per heavy atom. The van der Waals surface area contributed by atoms with Crippen molar-refractivity contribution in [1.82, 2.24) is 9.97 Å². The third kappa shape index (κ3) is 3.72. The fourth-order valence-corrected chi connectivity index (χ4v) is 2.11. The van der Waals surface area contributed by atoms with Gasteiger partial charge in [-0.25, -0.2) is 14.4 Å². The van der Waals surface area contributed by atoms with E-state index in [2.05, 4.69) is 25.9 Å². The molecule has 0 radical (unpaired) electrons. The highest BCUT2D eigenvalue weighted by molar-refractivity contribution is 9.10. The van der Waals surface area contributed by atoms with E-state index < -0.39 is 0 Å². The number of rotatable bonds is 4. The number of nitrogens with zero attached hydrogens (tertiary/aromatic N) is 2. The maximum atomic E-state index is 12.8. The van der Waals surface area contributed by atoms with E-state index >= 15 is 0 Å². The van der Waals surface area contributed by atoms with Crippen molar-refractivity contribution in [3.8, 4) is 0 Å². The van der Waals surface area contributed by atoms with Gasteiger partial charge in [-0.05, 0) is 33.6 Å². The van der Waals surface area contributed by atoms with Crippen LogP contribution in [0.1, 0.15) is 17.1 Å². The van der Waals surface area contributed by atoms with E-state index in [4.69, 9.17) is 16.3 Å². The highest BCUT2D eigenvalue weighted by Gasteiger charge is 2.11. The van der Waals surface area contributed by atoms with Crippen LogP contribution in [0.4, 0.5) is 4.39 Å². The molecule has 0 fully saturated rings. The van der Waals surface area contributed by atoms with Crippen molar-refractivity contribution in [2.75, 3.05) is 7.11 Å². The van der Waals surface area contributed by atoms with Crippen molar-refractivity contribution in [3.05, 3.63) is 56.8 Å². The fraction of sp³-hybridized carbons (Fsp3) is 0.231. The molecule has 1 aromatic carbocycles. The van der Waals surface area contributed by atoms with Gasteiger partial charge in [-0.1, -0.05) is 23.7 Å². The summed E-state index contributed by atoms with van der Waals surface area (Å²) in [5.41, 5.74) is 1.61. The van der Waals surface area contributed by atoms with Crippen LogP contribution in [0.15, 0.2) is 28.7 Å². The maximum Gasteiger partial charge on any atom is 0.147 e. The van der Waals surface area contributed by atoms with Crippen molar-refractivity contribution in [2.45, 2.75) is 13.0 Å². The van der Waals surface area contributed by atoms with E-state index in [0.717, 1.165) is 5.56 Å².